The second kappa shape index (κ2) is 7.57. The zero-order valence-electron chi connectivity index (χ0n) is 13.4. The normalized spacial score (nSPS) is 10.4. The Kier molecular flexibility index (Phi) is 5.04. The van der Waals surface area contributed by atoms with Gasteiger partial charge in [0.05, 0.1) is 12.6 Å². The van der Waals surface area contributed by atoms with Gasteiger partial charge < -0.3 is 9.84 Å². The Morgan fingerprint density at radius 2 is 1.84 bits per heavy atom. The first-order valence-corrected chi connectivity index (χ1v) is 7.74. The predicted octanol–water partition coefficient (Wildman–Crippen LogP) is 4.09. The molecule has 3 rings (SSSR count). The maximum Gasteiger partial charge on any atom is 0.307 e. The number of carbonyl (C=O) groups is 1. The van der Waals surface area contributed by atoms with E-state index in [1.54, 1.807) is 18.2 Å². The standard InChI is InChI=1S/C20H16FNO3/c21-17-10-16(11-22-12-17)18-8-15(9-20(23)24)6-7-19(18)25-13-14-4-2-1-3-5-14/h1-8,10-12H,9,13H2,(H,23,24). The molecule has 126 valence electrons. The Hall–Kier alpha value is -3.21. The van der Waals surface area contributed by atoms with Crippen LogP contribution < -0.4 is 4.74 Å². The van der Waals surface area contributed by atoms with Crippen molar-refractivity contribution < 1.29 is 19.0 Å². The summed E-state index contributed by atoms with van der Waals surface area (Å²) < 4.78 is 19.4. The molecule has 1 aromatic heterocycles. The second-order valence-electron chi connectivity index (χ2n) is 5.57. The highest BCUT2D eigenvalue weighted by Gasteiger charge is 2.11. The number of hydrogen-bond acceptors (Lipinski definition) is 3. The molecule has 0 unspecified atom stereocenters. The van der Waals surface area contributed by atoms with Gasteiger partial charge in [-0.1, -0.05) is 36.4 Å². The van der Waals surface area contributed by atoms with Gasteiger partial charge in [-0.05, 0) is 29.3 Å². The summed E-state index contributed by atoms with van der Waals surface area (Å²) >= 11 is 0. The molecule has 2 aromatic carbocycles. The lowest BCUT2D eigenvalue weighted by Crippen LogP contribution is -2.02. The summed E-state index contributed by atoms with van der Waals surface area (Å²) in [6, 6.07) is 16.1. The van der Waals surface area contributed by atoms with Crippen LogP contribution in [0.15, 0.2) is 67.0 Å². The van der Waals surface area contributed by atoms with Crippen LogP contribution in [0.1, 0.15) is 11.1 Å². The average Bonchev–Trinajstić information content (AvgIpc) is 2.61. The summed E-state index contributed by atoms with van der Waals surface area (Å²) in [5, 5.41) is 8.99. The molecule has 0 radical (unpaired) electrons. The largest absolute Gasteiger partial charge is 0.488 e. The van der Waals surface area contributed by atoms with Crippen LogP contribution in [-0.4, -0.2) is 16.1 Å². The van der Waals surface area contributed by atoms with E-state index < -0.39 is 11.8 Å². The molecular weight excluding hydrogens is 321 g/mol. The number of halogens is 1. The Morgan fingerprint density at radius 1 is 1.04 bits per heavy atom. The highest BCUT2D eigenvalue weighted by molar-refractivity contribution is 5.74. The van der Waals surface area contributed by atoms with Gasteiger partial charge in [0.15, 0.2) is 0 Å². The predicted molar refractivity (Wildman–Crippen MR) is 91.7 cm³/mol. The Balaban J connectivity index is 1.94. The fourth-order valence-electron chi connectivity index (χ4n) is 2.51. The van der Waals surface area contributed by atoms with Crippen LogP contribution in [0.3, 0.4) is 0 Å². The zero-order valence-corrected chi connectivity index (χ0v) is 13.4. The van der Waals surface area contributed by atoms with Crippen molar-refractivity contribution in [3.8, 4) is 16.9 Å². The van der Waals surface area contributed by atoms with Crippen molar-refractivity contribution >= 4 is 5.97 Å². The fourth-order valence-corrected chi connectivity index (χ4v) is 2.51. The van der Waals surface area contributed by atoms with Gasteiger partial charge in [0.1, 0.15) is 18.2 Å². The molecule has 4 nitrogen and oxygen atoms in total. The van der Waals surface area contributed by atoms with Crippen LogP contribution in [0.2, 0.25) is 0 Å². The summed E-state index contributed by atoms with van der Waals surface area (Å²) in [6.07, 6.45) is 2.53. The van der Waals surface area contributed by atoms with E-state index in [0.29, 0.717) is 29.0 Å². The minimum atomic E-state index is -0.929. The fraction of sp³-hybridized carbons (Fsp3) is 0.100. The molecule has 1 heterocycles. The number of aromatic nitrogens is 1. The lowest BCUT2D eigenvalue weighted by molar-refractivity contribution is -0.136. The van der Waals surface area contributed by atoms with Crippen molar-refractivity contribution in [3.05, 3.63) is 83.9 Å². The molecule has 0 fully saturated rings. The van der Waals surface area contributed by atoms with Crippen molar-refractivity contribution in [3.63, 3.8) is 0 Å². The van der Waals surface area contributed by atoms with Crippen LogP contribution in [0, 0.1) is 5.82 Å². The van der Waals surface area contributed by atoms with Crippen molar-refractivity contribution in [2.24, 2.45) is 0 Å². The molecule has 0 spiro atoms. The van der Waals surface area contributed by atoms with E-state index in [1.807, 2.05) is 30.3 Å². The van der Waals surface area contributed by atoms with E-state index in [2.05, 4.69) is 4.98 Å². The number of pyridine rings is 1. The minimum absolute atomic E-state index is 0.116. The summed E-state index contributed by atoms with van der Waals surface area (Å²) in [7, 11) is 0. The third-order valence-corrected chi connectivity index (χ3v) is 3.65. The van der Waals surface area contributed by atoms with Crippen LogP contribution in [-0.2, 0) is 17.8 Å². The number of carboxylic acid groups (broad SMARTS) is 1. The molecule has 0 bridgehead atoms. The van der Waals surface area contributed by atoms with E-state index in [-0.39, 0.29) is 6.42 Å². The molecule has 0 aliphatic carbocycles. The van der Waals surface area contributed by atoms with Gasteiger partial charge in [0.2, 0.25) is 0 Å². The van der Waals surface area contributed by atoms with E-state index in [0.717, 1.165) is 11.8 Å². The van der Waals surface area contributed by atoms with E-state index in [1.165, 1.54) is 12.3 Å². The Labute approximate surface area is 144 Å². The second-order valence-corrected chi connectivity index (χ2v) is 5.57. The van der Waals surface area contributed by atoms with Gasteiger partial charge >= 0.3 is 5.97 Å². The highest BCUT2D eigenvalue weighted by atomic mass is 19.1. The summed E-state index contributed by atoms with van der Waals surface area (Å²) in [5.74, 6) is -0.846. The topological polar surface area (TPSA) is 59.4 Å². The van der Waals surface area contributed by atoms with Gasteiger partial charge in [0, 0.05) is 17.3 Å². The summed E-state index contributed by atoms with van der Waals surface area (Å²) in [5.41, 5.74) is 2.76. The lowest BCUT2D eigenvalue weighted by Gasteiger charge is -2.13. The molecule has 0 atom stereocenters. The van der Waals surface area contributed by atoms with Crippen molar-refractivity contribution in [1.82, 2.24) is 4.98 Å². The van der Waals surface area contributed by atoms with Gasteiger partial charge in [-0.15, -0.1) is 0 Å². The number of ether oxygens (including phenoxy) is 1. The third kappa shape index (κ3) is 4.41. The molecular formula is C20H16FNO3. The molecule has 0 aliphatic rings. The van der Waals surface area contributed by atoms with E-state index >= 15 is 0 Å². The van der Waals surface area contributed by atoms with Crippen LogP contribution in [0.4, 0.5) is 4.39 Å². The smallest absolute Gasteiger partial charge is 0.307 e. The first kappa shape index (κ1) is 16.6. The molecule has 0 amide bonds. The van der Waals surface area contributed by atoms with E-state index in [4.69, 9.17) is 9.84 Å². The number of carboxylic acids is 1. The maximum atomic E-state index is 13.5. The zero-order chi connectivity index (χ0) is 17.6. The lowest BCUT2D eigenvalue weighted by atomic mass is 10.0. The molecule has 1 N–H and O–H groups in total. The quantitative estimate of drug-likeness (QED) is 0.736. The third-order valence-electron chi connectivity index (χ3n) is 3.65. The van der Waals surface area contributed by atoms with E-state index in [9.17, 15) is 9.18 Å². The monoisotopic (exact) mass is 337 g/mol. The SMILES string of the molecule is O=C(O)Cc1ccc(OCc2ccccc2)c(-c2cncc(F)c2)c1. The summed E-state index contributed by atoms with van der Waals surface area (Å²) in [6.45, 7) is 0.356. The molecule has 0 saturated heterocycles. The van der Waals surface area contributed by atoms with Crippen LogP contribution in [0.25, 0.3) is 11.1 Å². The molecule has 5 heteroatoms. The number of benzene rings is 2. The van der Waals surface area contributed by atoms with Crippen molar-refractivity contribution in [2.45, 2.75) is 13.0 Å². The average molecular weight is 337 g/mol. The van der Waals surface area contributed by atoms with Gasteiger partial charge in [0.25, 0.3) is 0 Å². The first-order chi connectivity index (χ1) is 12.1. The summed E-state index contributed by atoms with van der Waals surface area (Å²) in [4.78, 5) is 14.8. The van der Waals surface area contributed by atoms with Crippen LogP contribution in [0.5, 0.6) is 5.75 Å². The maximum absolute atomic E-state index is 13.5. The number of hydrogen-bond donors (Lipinski definition) is 1. The number of rotatable bonds is 6. The first-order valence-electron chi connectivity index (χ1n) is 7.74. The number of nitrogens with zero attached hydrogens (tertiary/aromatic N) is 1. The van der Waals surface area contributed by atoms with Crippen molar-refractivity contribution in [1.29, 1.82) is 0 Å². The van der Waals surface area contributed by atoms with Gasteiger partial charge in [-0.3, -0.25) is 9.78 Å². The molecule has 0 saturated carbocycles. The molecule has 25 heavy (non-hydrogen) atoms. The minimum Gasteiger partial charge on any atom is -0.488 e. The van der Waals surface area contributed by atoms with Gasteiger partial charge in [-0.2, -0.15) is 0 Å². The van der Waals surface area contributed by atoms with Crippen LogP contribution >= 0.6 is 0 Å². The number of aliphatic carboxylic acids is 1. The van der Waals surface area contributed by atoms with Crippen molar-refractivity contribution in [2.75, 3.05) is 0 Å². The molecule has 3 aromatic rings. The Bertz CT molecular complexity index is 881. The Morgan fingerprint density at radius 3 is 2.56 bits per heavy atom. The highest BCUT2D eigenvalue weighted by Crippen LogP contribution is 2.32. The molecule has 0 aliphatic heterocycles. The van der Waals surface area contributed by atoms with Gasteiger partial charge in [-0.25, -0.2) is 4.39 Å².